The molecule has 0 radical (unpaired) electrons. The lowest BCUT2D eigenvalue weighted by Crippen LogP contribution is -2.10. The van der Waals surface area contributed by atoms with E-state index in [1.165, 1.54) is 5.56 Å². The van der Waals surface area contributed by atoms with Gasteiger partial charge in [0, 0.05) is 39.2 Å². The number of aromatic hydroxyl groups is 1. The maximum atomic E-state index is 11.4. The van der Waals surface area contributed by atoms with Crippen LogP contribution in [0.4, 0.5) is 0 Å². The Morgan fingerprint density at radius 2 is 1.11 bits per heavy atom. The van der Waals surface area contributed by atoms with Crippen molar-refractivity contribution in [3.8, 4) is 78.6 Å². The third-order valence-electron chi connectivity index (χ3n) is 12.2. The summed E-state index contributed by atoms with van der Waals surface area (Å²) in [5, 5.41) is 13.4. The largest absolute Gasteiger partial charge is 0.507 e. The van der Waals surface area contributed by atoms with E-state index in [1.807, 2.05) is 36.5 Å². The second kappa shape index (κ2) is 15.2. The molecule has 5 heteroatoms. The van der Waals surface area contributed by atoms with Crippen LogP contribution in [0.1, 0.15) is 26.3 Å². The molecule has 11 rings (SSSR count). The van der Waals surface area contributed by atoms with Gasteiger partial charge >= 0.3 is 0 Å². The molecule has 0 aliphatic carbocycles. The maximum Gasteiger partial charge on any atom is 0.149 e. The lowest BCUT2D eigenvalue weighted by Gasteiger charge is -2.19. The summed E-state index contributed by atoms with van der Waals surface area (Å²) < 4.78 is 9.21. The van der Waals surface area contributed by atoms with Gasteiger partial charge in [-0.05, 0) is 87.3 Å². The zero-order chi connectivity index (χ0) is 42.7. The SMILES string of the molecule is CC(C)(C)c1ccc(-c2ccnc(-c3cc(-c4cccc5c4nc(-c4ccccc4O)n5-c4ccccc4-c4ccccc4)cc4c3oc3c(-c5ccccc5)cccc34)c2)cc1. The average Bonchev–Trinajstić information content (AvgIpc) is 3.91. The van der Waals surface area contributed by atoms with Crippen LogP contribution in [0.5, 0.6) is 5.75 Å². The van der Waals surface area contributed by atoms with Crippen molar-refractivity contribution in [3.05, 3.63) is 206 Å². The molecule has 63 heavy (non-hydrogen) atoms. The van der Waals surface area contributed by atoms with Gasteiger partial charge in [-0.25, -0.2) is 4.98 Å². The normalized spacial score (nSPS) is 11.8. The molecule has 11 aromatic rings. The number of phenolic OH excluding ortho intramolecular Hbond substituents is 1. The first-order chi connectivity index (χ1) is 30.8. The smallest absolute Gasteiger partial charge is 0.149 e. The number of fused-ring (bicyclic) bond motifs is 4. The summed E-state index contributed by atoms with van der Waals surface area (Å²) in [5.74, 6) is 0.808. The standard InChI is InChI=1S/C58H43N3O2/c1-58(2,3)42-30-28-37(29-31-42)40-32-33-59-50(36-40)49-35-41(34-48-46-24-14-23-45(55(46)63-56(48)49)39-18-8-5-9-19-39)44-22-15-26-52-54(44)60-57(47-21-11-13-27-53(47)62)61(52)51-25-12-10-20-43(51)38-16-6-4-7-17-38/h4-36,62H,1-3H3. The van der Waals surface area contributed by atoms with Gasteiger partial charge in [-0.15, -0.1) is 0 Å². The van der Waals surface area contributed by atoms with Crippen LogP contribution in [-0.4, -0.2) is 19.6 Å². The van der Waals surface area contributed by atoms with Crippen molar-refractivity contribution in [3.63, 3.8) is 0 Å². The number of aromatic nitrogens is 3. The summed E-state index contributed by atoms with van der Waals surface area (Å²) in [6, 6.07) is 66.9. The summed E-state index contributed by atoms with van der Waals surface area (Å²) in [6.07, 6.45) is 1.89. The Morgan fingerprint density at radius 1 is 0.476 bits per heavy atom. The first kappa shape index (κ1) is 37.9. The highest BCUT2D eigenvalue weighted by Gasteiger charge is 2.24. The van der Waals surface area contributed by atoms with Crippen LogP contribution in [0.2, 0.25) is 0 Å². The van der Waals surface area contributed by atoms with Crippen LogP contribution in [-0.2, 0) is 5.41 Å². The summed E-state index contributed by atoms with van der Waals surface area (Å²) in [5.41, 5.74) is 16.4. The van der Waals surface area contributed by atoms with Crippen LogP contribution in [0.3, 0.4) is 0 Å². The Labute approximate surface area is 366 Å². The molecule has 5 nitrogen and oxygen atoms in total. The Morgan fingerprint density at radius 3 is 1.86 bits per heavy atom. The number of nitrogens with zero attached hydrogens (tertiary/aromatic N) is 3. The average molecular weight is 814 g/mol. The number of imidazole rings is 1. The van der Waals surface area contributed by atoms with Gasteiger partial charge in [0.05, 0.1) is 28.0 Å². The molecule has 3 heterocycles. The van der Waals surface area contributed by atoms with E-state index in [0.29, 0.717) is 11.4 Å². The van der Waals surface area contributed by atoms with E-state index < -0.39 is 0 Å². The van der Waals surface area contributed by atoms with Crippen LogP contribution >= 0.6 is 0 Å². The van der Waals surface area contributed by atoms with Crippen molar-refractivity contribution in [2.24, 2.45) is 0 Å². The molecule has 0 saturated heterocycles. The van der Waals surface area contributed by atoms with Crippen LogP contribution < -0.4 is 0 Å². The monoisotopic (exact) mass is 813 g/mol. The van der Waals surface area contributed by atoms with E-state index in [1.54, 1.807) is 6.07 Å². The molecule has 1 N–H and O–H groups in total. The molecule has 8 aromatic carbocycles. The number of furan rings is 1. The molecule has 0 spiro atoms. The number of pyridine rings is 1. The summed E-state index contributed by atoms with van der Waals surface area (Å²) in [6.45, 7) is 6.72. The fourth-order valence-electron chi connectivity index (χ4n) is 8.96. The maximum absolute atomic E-state index is 11.4. The van der Waals surface area contributed by atoms with Gasteiger partial charge in [-0.3, -0.25) is 9.55 Å². The number of hydrogen-bond acceptors (Lipinski definition) is 4. The van der Waals surface area contributed by atoms with Crippen LogP contribution in [0, 0.1) is 0 Å². The van der Waals surface area contributed by atoms with Crippen LogP contribution in [0.15, 0.2) is 205 Å². The Bertz CT molecular complexity index is 3490. The lowest BCUT2D eigenvalue weighted by atomic mass is 9.86. The van der Waals surface area contributed by atoms with Crippen molar-refractivity contribution in [1.29, 1.82) is 0 Å². The quantitative estimate of drug-likeness (QED) is 0.174. The fraction of sp³-hybridized carbons (Fsp3) is 0.0690. The highest BCUT2D eigenvalue weighted by atomic mass is 16.3. The number of phenols is 1. The van der Waals surface area contributed by atoms with E-state index in [4.69, 9.17) is 14.4 Å². The molecule has 0 fully saturated rings. The summed E-state index contributed by atoms with van der Waals surface area (Å²) in [4.78, 5) is 10.5. The second-order valence-corrected chi connectivity index (χ2v) is 17.2. The first-order valence-electron chi connectivity index (χ1n) is 21.4. The highest BCUT2D eigenvalue weighted by Crippen LogP contribution is 2.45. The minimum absolute atomic E-state index is 0.0556. The first-order valence-corrected chi connectivity index (χ1v) is 21.4. The van der Waals surface area contributed by atoms with E-state index in [-0.39, 0.29) is 11.2 Å². The molecule has 302 valence electrons. The van der Waals surface area contributed by atoms with Crippen molar-refractivity contribution < 1.29 is 9.52 Å². The Kier molecular flexibility index (Phi) is 9.13. The zero-order valence-corrected chi connectivity index (χ0v) is 35.2. The minimum atomic E-state index is 0.0556. The Balaban J connectivity index is 1.18. The fourth-order valence-corrected chi connectivity index (χ4v) is 8.96. The summed E-state index contributed by atoms with van der Waals surface area (Å²) in [7, 11) is 0. The molecule has 0 aliphatic heterocycles. The van der Waals surface area contributed by atoms with Gasteiger partial charge in [0.25, 0.3) is 0 Å². The highest BCUT2D eigenvalue weighted by molar-refractivity contribution is 6.15. The topological polar surface area (TPSA) is 64.1 Å². The molecule has 3 aromatic heterocycles. The minimum Gasteiger partial charge on any atom is -0.507 e. The second-order valence-electron chi connectivity index (χ2n) is 17.2. The molecule has 0 unspecified atom stereocenters. The van der Waals surface area contributed by atoms with E-state index in [2.05, 4.69) is 183 Å². The van der Waals surface area contributed by atoms with Crippen molar-refractivity contribution in [1.82, 2.24) is 14.5 Å². The molecule has 0 saturated carbocycles. The molecule has 0 bridgehead atoms. The van der Waals surface area contributed by atoms with Gasteiger partial charge < -0.3 is 9.52 Å². The molecule has 0 aliphatic rings. The number of hydrogen-bond donors (Lipinski definition) is 1. The van der Waals surface area contributed by atoms with Gasteiger partial charge in [-0.1, -0.05) is 166 Å². The van der Waals surface area contributed by atoms with Crippen molar-refractivity contribution >= 4 is 33.0 Å². The van der Waals surface area contributed by atoms with Crippen molar-refractivity contribution in [2.75, 3.05) is 0 Å². The third-order valence-corrected chi connectivity index (χ3v) is 12.2. The van der Waals surface area contributed by atoms with Gasteiger partial charge in [0.15, 0.2) is 0 Å². The van der Waals surface area contributed by atoms with Crippen molar-refractivity contribution in [2.45, 2.75) is 26.2 Å². The predicted octanol–water partition coefficient (Wildman–Crippen LogP) is 15.3. The van der Waals surface area contributed by atoms with Gasteiger partial charge in [0.1, 0.15) is 22.7 Å². The number of benzene rings is 8. The van der Waals surface area contributed by atoms with Gasteiger partial charge in [-0.2, -0.15) is 0 Å². The van der Waals surface area contributed by atoms with E-state index >= 15 is 0 Å². The van der Waals surface area contributed by atoms with E-state index in [9.17, 15) is 5.11 Å². The summed E-state index contributed by atoms with van der Waals surface area (Å²) >= 11 is 0. The molecule has 0 atom stereocenters. The van der Waals surface area contributed by atoms with Gasteiger partial charge in [0.2, 0.25) is 0 Å². The number of rotatable bonds is 7. The third kappa shape index (κ3) is 6.66. The van der Waals surface area contributed by atoms with E-state index in [0.717, 1.165) is 94.4 Å². The molecular weight excluding hydrogens is 771 g/mol. The number of para-hydroxylation sites is 4. The predicted molar refractivity (Wildman–Crippen MR) is 259 cm³/mol. The molecular formula is C58H43N3O2. The molecule has 0 amide bonds. The lowest BCUT2D eigenvalue weighted by molar-refractivity contribution is 0.477. The van der Waals surface area contributed by atoms with Crippen LogP contribution in [0.25, 0.3) is 106 Å². The zero-order valence-electron chi connectivity index (χ0n) is 35.2. The Hall–Kier alpha value is -8.02.